The third kappa shape index (κ3) is 2.04. The number of ether oxygens (including phenoxy) is 3. The Morgan fingerprint density at radius 1 is 1.04 bits per heavy atom. The lowest BCUT2D eigenvalue weighted by atomic mass is 9.86. The predicted molar refractivity (Wildman–Crippen MR) is 87.9 cm³/mol. The second-order valence-electron chi connectivity index (χ2n) is 6.01. The summed E-state index contributed by atoms with van der Waals surface area (Å²) in [5.74, 6) is 2.51. The Kier molecular flexibility index (Phi) is 3.32. The zero-order chi connectivity index (χ0) is 16.0. The maximum absolute atomic E-state index is 5.47. The Hall–Kier alpha value is -2.37. The lowest BCUT2D eigenvalue weighted by molar-refractivity contribution is 0.324. The summed E-state index contributed by atoms with van der Waals surface area (Å²) >= 11 is 0. The van der Waals surface area contributed by atoms with Crippen molar-refractivity contribution in [3.63, 3.8) is 0 Å². The van der Waals surface area contributed by atoms with Crippen LogP contribution in [-0.2, 0) is 0 Å². The molecule has 3 aliphatic heterocycles. The van der Waals surface area contributed by atoms with Crippen LogP contribution in [0.25, 0.3) is 11.3 Å². The minimum absolute atomic E-state index is 0.602. The molecule has 1 aromatic carbocycles. The molecule has 2 bridgehead atoms. The fraction of sp³-hybridized carbons (Fsp3) is 0.471. The van der Waals surface area contributed by atoms with Crippen molar-refractivity contribution in [1.29, 1.82) is 0 Å². The Morgan fingerprint density at radius 2 is 1.70 bits per heavy atom. The van der Waals surface area contributed by atoms with Gasteiger partial charge in [0, 0.05) is 24.6 Å². The van der Waals surface area contributed by atoms with Gasteiger partial charge in [-0.2, -0.15) is 5.10 Å². The molecule has 0 amide bonds. The first kappa shape index (κ1) is 14.2. The molecular formula is C17H21N3O3. The van der Waals surface area contributed by atoms with Crippen LogP contribution in [0.3, 0.4) is 0 Å². The molecule has 1 fully saturated rings. The summed E-state index contributed by atoms with van der Waals surface area (Å²) in [5.41, 5.74) is 4.45. The Balaban J connectivity index is 1.86. The number of hydrogen-bond donors (Lipinski definition) is 1. The van der Waals surface area contributed by atoms with Crippen LogP contribution < -0.4 is 19.1 Å². The summed E-state index contributed by atoms with van der Waals surface area (Å²) < 4.78 is 16.3. The topological polar surface area (TPSA) is 59.6 Å². The van der Waals surface area contributed by atoms with Crippen molar-refractivity contribution in [1.82, 2.24) is 10.2 Å². The van der Waals surface area contributed by atoms with Crippen molar-refractivity contribution >= 4 is 5.69 Å². The molecule has 4 heterocycles. The molecule has 3 aliphatic rings. The second kappa shape index (κ2) is 5.37. The molecule has 122 valence electrons. The van der Waals surface area contributed by atoms with E-state index >= 15 is 0 Å². The van der Waals surface area contributed by atoms with Gasteiger partial charge in [-0.05, 0) is 25.0 Å². The van der Waals surface area contributed by atoms with Gasteiger partial charge in [-0.1, -0.05) is 0 Å². The lowest BCUT2D eigenvalue weighted by Crippen LogP contribution is -2.38. The summed E-state index contributed by atoms with van der Waals surface area (Å²) in [5, 5.41) is 7.85. The number of aromatic nitrogens is 2. The standard InChI is InChI=1S/C17H21N3O3/c1-21-12-8-11(9-13(22-2)17(12)23-3)15-16-14(18-19-15)10-4-6-20(16)7-5-10/h8-10H,4-7H2,1-3H3,(H,18,19). The Bertz CT molecular complexity index is 708. The summed E-state index contributed by atoms with van der Waals surface area (Å²) in [6.07, 6.45) is 2.42. The minimum atomic E-state index is 0.602. The molecular weight excluding hydrogens is 294 g/mol. The molecule has 23 heavy (non-hydrogen) atoms. The van der Waals surface area contributed by atoms with E-state index in [0.29, 0.717) is 23.2 Å². The number of nitrogens with one attached hydrogen (secondary N) is 1. The van der Waals surface area contributed by atoms with E-state index in [-0.39, 0.29) is 0 Å². The summed E-state index contributed by atoms with van der Waals surface area (Å²) in [6, 6.07) is 3.92. The number of anilines is 1. The van der Waals surface area contributed by atoms with Crippen molar-refractivity contribution in [2.45, 2.75) is 18.8 Å². The van der Waals surface area contributed by atoms with Crippen LogP contribution in [0.1, 0.15) is 24.5 Å². The van der Waals surface area contributed by atoms with E-state index in [0.717, 1.165) is 24.3 Å². The van der Waals surface area contributed by atoms with Gasteiger partial charge in [0.1, 0.15) is 5.69 Å². The minimum Gasteiger partial charge on any atom is -0.493 e. The number of methoxy groups -OCH3 is 3. The molecule has 0 atom stereocenters. The normalized spacial score (nSPS) is 16.4. The average molecular weight is 315 g/mol. The van der Waals surface area contributed by atoms with Gasteiger partial charge in [-0.25, -0.2) is 0 Å². The predicted octanol–water partition coefficient (Wildman–Crippen LogP) is 2.80. The first-order chi connectivity index (χ1) is 11.3. The molecule has 1 N–H and O–H groups in total. The van der Waals surface area contributed by atoms with E-state index in [2.05, 4.69) is 15.1 Å². The monoisotopic (exact) mass is 315 g/mol. The number of hydrogen-bond acceptors (Lipinski definition) is 5. The second-order valence-corrected chi connectivity index (χ2v) is 6.01. The first-order valence-electron chi connectivity index (χ1n) is 7.90. The SMILES string of the molecule is COc1cc(-c2n[nH]c3c2N2CCC3CC2)cc(OC)c1OC. The van der Waals surface area contributed by atoms with Crippen LogP contribution in [0.5, 0.6) is 17.2 Å². The van der Waals surface area contributed by atoms with Crippen LogP contribution in [-0.4, -0.2) is 44.6 Å². The zero-order valence-electron chi connectivity index (χ0n) is 13.7. The Labute approximate surface area is 135 Å². The molecule has 1 aromatic heterocycles. The fourth-order valence-electron chi connectivity index (χ4n) is 3.77. The molecule has 0 spiro atoms. The Morgan fingerprint density at radius 3 is 2.26 bits per heavy atom. The lowest BCUT2D eigenvalue weighted by Gasteiger charge is -2.40. The third-order valence-corrected chi connectivity index (χ3v) is 4.93. The molecule has 0 radical (unpaired) electrons. The van der Waals surface area contributed by atoms with Gasteiger partial charge in [-0.15, -0.1) is 0 Å². The summed E-state index contributed by atoms with van der Waals surface area (Å²) in [4.78, 5) is 2.43. The highest BCUT2D eigenvalue weighted by Crippen LogP contribution is 2.48. The van der Waals surface area contributed by atoms with Crippen molar-refractivity contribution < 1.29 is 14.2 Å². The van der Waals surface area contributed by atoms with Gasteiger partial charge < -0.3 is 19.1 Å². The van der Waals surface area contributed by atoms with E-state index in [4.69, 9.17) is 14.2 Å². The van der Waals surface area contributed by atoms with Gasteiger partial charge in [0.05, 0.1) is 32.7 Å². The van der Waals surface area contributed by atoms with Crippen LogP contribution >= 0.6 is 0 Å². The number of aromatic amines is 1. The van der Waals surface area contributed by atoms with E-state index in [1.54, 1.807) is 21.3 Å². The van der Waals surface area contributed by atoms with Crippen LogP contribution in [0, 0.1) is 0 Å². The maximum Gasteiger partial charge on any atom is 0.203 e. The van der Waals surface area contributed by atoms with Gasteiger partial charge in [0.2, 0.25) is 5.75 Å². The number of piperidine rings is 1. The molecule has 6 nitrogen and oxygen atoms in total. The van der Waals surface area contributed by atoms with Gasteiger partial charge in [0.25, 0.3) is 0 Å². The van der Waals surface area contributed by atoms with E-state index in [1.165, 1.54) is 24.2 Å². The van der Waals surface area contributed by atoms with E-state index in [9.17, 15) is 0 Å². The molecule has 2 aromatic rings. The van der Waals surface area contributed by atoms with Crippen LogP contribution in [0.15, 0.2) is 12.1 Å². The molecule has 0 aliphatic carbocycles. The number of H-pyrrole nitrogens is 1. The number of fused-ring (bicyclic) bond motifs is 2. The smallest absolute Gasteiger partial charge is 0.203 e. The maximum atomic E-state index is 5.47. The number of rotatable bonds is 4. The zero-order valence-corrected chi connectivity index (χ0v) is 13.7. The van der Waals surface area contributed by atoms with Crippen molar-refractivity contribution in [3.05, 3.63) is 17.8 Å². The van der Waals surface area contributed by atoms with Crippen LogP contribution in [0.2, 0.25) is 0 Å². The largest absolute Gasteiger partial charge is 0.493 e. The number of benzene rings is 1. The molecule has 0 unspecified atom stereocenters. The van der Waals surface area contributed by atoms with Crippen LogP contribution in [0.4, 0.5) is 5.69 Å². The highest BCUT2D eigenvalue weighted by Gasteiger charge is 2.35. The third-order valence-electron chi connectivity index (χ3n) is 4.93. The van der Waals surface area contributed by atoms with Crippen molar-refractivity contribution in [2.24, 2.45) is 0 Å². The van der Waals surface area contributed by atoms with Gasteiger partial charge >= 0.3 is 0 Å². The number of nitrogens with zero attached hydrogens (tertiary/aromatic N) is 2. The van der Waals surface area contributed by atoms with Crippen molar-refractivity contribution in [3.8, 4) is 28.5 Å². The first-order valence-corrected chi connectivity index (χ1v) is 7.90. The molecule has 1 saturated heterocycles. The van der Waals surface area contributed by atoms with E-state index < -0.39 is 0 Å². The molecule has 6 heteroatoms. The molecule has 5 rings (SSSR count). The highest BCUT2D eigenvalue weighted by molar-refractivity contribution is 5.81. The summed E-state index contributed by atoms with van der Waals surface area (Å²) in [6.45, 7) is 2.21. The molecule has 0 saturated carbocycles. The van der Waals surface area contributed by atoms with E-state index in [1.807, 2.05) is 12.1 Å². The van der Waals surface area contributed by atoms with Gasteiger partial charge in [-0.3, -0.25) is 5.10 Å². The fourth-order valence-corrected chi connectivity index (χ4v) is 3.77. The average Bonchev–Trinajstić information content (AvgIpc) is 3.08. The van der Waals surface area contributed by atoms with Gasteiger partial charge in [0.15, 0.2) is 11.5 Å². The van der Waals surface area contributed by atoms with Crippen molar-refractivity contribution in [2.75, 3.05) is 39.3 Å². The quantitative estimate of drug-likeness (QED) is 0.940. The highest BCUT2D eigenvalue weighted by atomic mass is 16.5. The summed E-state index contributed by atoms with van der Waals surface area (Å²) in [7, 11) is 4.88.